The van der Waals surface area contributed by atoms with E-state index in [-0.39, 0.29) is 11.9 Å². The molecule has 1 fully saturated rings. The third-order valence-electron chi connectivity index (χ3n) is 5.77. The Morgan fingerprint density at radius 1 is 1.14 bits per heavy atom. The Morgan fingerprint density at radius 2 is 1.86 bits per heavy atom. The normalized spacial score (nSPS) is 15.9. The maximum absolute atomic E-state index is 12.8. The molecule has 2 N–H and O–H groups in total. The van der Waals surface area contributed by atoms with Gasteiger partial charge in [-0.3, -0.25) is 4.79 Å². The zero-order valence-corrected chi connectivity index (χ0v) is 17.4. The summed E-state index contributed by atoms with van der Waals surface area (Å²) in [7, 11) is 0. The van der Waals surface area contributed by atoms with Crippen LogP contribution in [0.15, 0.2) is 42.5 Å². The molecule has 5 nitrogen and oxygen atoms in total. The maximum atomic E-state index is 12.8. The van der Waals surface area contributed by atoms with Crippen molar-refractivity contribution in [1.29, 1.82) is 0 Å². The van der Waals surface area contributed by atoms with Crippen LogP contribution in [0.2, 0.25) is 0 Å². The summed E-state index contributed by atoms with van der Waals surface area (Å²) in [5, 5.41) is 3.05. The first kappa shape index (κ1) is 20.2. The van der Waals surface area contributed by atoms with Crippen molar-refractivity contribution in [1.82, 2.24) is 0 Å². The van der Waals surface area contributed by atoms with Crippen LogP contribution >= 0.6 is 0 Å². The van der Waals surface area contributed by atoms with Crippen molar-refractivity contribution in [3.05, 3.63) is 53.6 Å². The number of anilines is 2. The number of para-hydroxylation sites is 2. The second-order valence-corrected chi connectivity index (χ2v) is 7.50. The third-order valence-corrected chi connectivity index (χ3v) is 5.77. The van der Waals surface area contributed by atoms with Gasteiger partial charge in [0.25, 0.3) is 5.91 Å². The van der Waals surface area contributed by atoms with Gasteiger partial charge in [-0.2, -0.15) is 0 Å². The predicted molar refractivity (Wildman–Crippen MR) is 115 cm³/mol. The molecule has 2 aromatic rings. The fourth-order valence-corrected chi connectivity index (χ4v) is 3.82. The number of nitrogens with zero attached hydrogens (tertiary/aromatic N) is 1. The summed E-state index contributed by atoms with van der Waals surface area (Å²) in [5.74, 6) is 0.766. The Labute approximate surface area is 168 Å². The van der Waals surface area contributed by atoms with Gasteiger partial charge in [-0.05, 0) is 57.0 Å². The number of hydrogen-bond donors (Lipinski definition) is 2. The van der Waals surface area contributed by atoms with Crippen LogP contribution in [0.3, 0.4) is 0 Å². The van der Waals surface area contributed by atoms with Crippen LogP contribution < -0.4 is 19.9 Å². The SMILES string of the molecule is CCOc1ccccc1NC(=O)[C@H](C)[NH+]1CCN(c2cccc(C)c2C)CC1. The first-order valence-corrected chi connectivity index (χ1v) is 10.2. The summed E-state index contributed by atoms with van der Waals surface area (Å²) < 4.78 is 5.62. The highest BCUT2D eigenvalue weighted by molar-refractivity contribution is 5.94. The van der Waals surface area contributed by atoms with Crippen molar-refractivity contribution in [3.63, 3.8) is 0 Å². The van der Waals surface area contributed by atoms with Crippen LogP contribution in [0, 0.1) is 13.8 Å². The second kappa shape index (κ2) is 9.11. The van der Waals surface area contributed by atoms with Gasteiger partial charge in [-0.25, -0.2) is 0 Å². The summed E-state index contributed by atoms with van der Waals surface area (Å²) in [6.45, 7) is 12.7. The van der Waals surface area contributed by atoms with Crippen molar-refractivity contribution in [2.45, 2.75) is 33.7 Å². The molecule has 2 aromatic carbocycles. The molecular formula is C23H32N3O2+. The fraction of sp³-hybridized carbons (Fsp3) is 0.435. The van der Waals surface area contributed by atoms with Crippen LogP contribution in [-0.2, 0) is 4.79 Å². The zero-order chi connectivity index (χ0) is 20.1. The number of carbonyl (C=O) groups is 1. The van der Waals surface area contributed by atoms with E-state index in [1.54, 1.807) is 0 Å². The van der Waals surface area contributed by atoms with E-state index in [9.17, 15) is 4.79 Å². The summed E-state index contributed by atoms with van der Waals surface area (Å²) in [6, 6.07) is 14.0. The molecule has 5 heteroatoms. The highest BCUT2D eigenvalue weighted by Gasteiger charge is 2.30. The Bertz CT molecular complexity index is 813. The lowest BCUT2D eigenvalue weighted by Gasteiger charge is -2.36. The van der Waals surface area contributed by atoms with Crippen LogP contribution in [-0.4, -0.2) is 44.7 Å². The molecule has 0 aromatic heterocycles. The Hall–Kier alpha value is -2.53. The van der Waals surface area contributed by atoms with Gasteiger partial charge < -0.3 is 19.9 Å². The van der Waals surface area contributed by atoms with Crippen LogP contribution in [0.1, 0.15) is 25.0 Å². The molecule has 150 valence electrons. The molecule has 0 aliphatic carbocycles. The molecule has 1 aliphatic rings. The minimum atomic E-state index is -0.101. The van der Waals surface area contributed by atoms with E-state index in [4.69, 9.17) is 4.74 Å². The number of ether oxygens (including phenoxy) is 1. The van der Waals surface area contributed by atoms with Gasteiger partial charge in [0.15, 0.2) is 6.04 Å². The summed E-state index contributed by atoms with van der Waals surface area (Å²) in [4.78, 5) is 16.6. The van der Waals surface area contributed by atoms with E-state index < -0.39 is 0 Å². The number of amides is 1. The number of benzene rings is 2. The van der Waals surface area contributed by atoms with Gasteiger partial charge >= 0.3 is 0 Å². The monoisotopic (exact) mass is 382 g/mol. The molecule has 0 unspecified atom stereocenters. The minimum Gasteiger partial charge on any atom is -0.492 e. The van der Waals surface area contributed by atoms with Gasteiger partial charge in [0.2, 0.25) is 0 Å². The lowest BCUT2D eigenvalue weighted by atomic mass is 10.1. The Morgan fingerprint density at radius 3 is 2.57 bits per heavy atom. The highest BCUT2D eigenvalue weighted by Crippen LogP contribution is 2.24. The average Bonchev–Trinajstić information content (AvgIpc) is 2.71. The lowest BCUT2D eigenvalue weighted by molar-refractivity contribution is -0.914. The Kier molecular flexibility index (Phi) is 6.57. The van der Waals surface area contributed by atoms with E-state index in [1.807, 2.05) is 38.1 Å². The van der Waals surface area contributed by atoms with Crippen LogP contribution in [0.5, 0.6) is 5.75 Å². The number of quaternary nitrogens is 1. The van der Waals surface area contributed by atoms with Crippen molar-refractivity contribution in [2.24, 2.45) is 0 Å². The maximum Gasteiger partial charge on any atom is 0.282 e. The standard InChI is InChI=1S/C23H31N3O2/c1-5-28-22-12-7-6-10-20(22)24-23(27)19(4)25-13-15-26(16-14-25)21-11-8-9-17(2)18(21)3/h6-12,19H,5,13-16H2,1-4H3,(H,24,27)/p+1/t19-/m0/s1. The Balaban J connectivity index is 1.60. The fourth-order valence-electron chi connectivity index (χ4n) is 3.82. The minimum absolute atomic E-state index is 0.0438. The average molecular weight is 383 g/mol. The van der Waals surface area contributed by atoms with Crippen molar-refractivity contribution >= 4 is 17.3 Å². The molecule has 1 atom stereocenters. The van der Waals surface area contributed by atoms with Gasteiger partial charge in [0.05, 0.1) is 38.5 Å². The number of nitrogens with one attached hydrogen (secondary N) is 2. The van der Waals surface area contributed by atoms with E-state index in [2.05, 4.69) is 42.3 Å². The predicted octanol–water partition coefficient (Wildman–Crippen LogP) is 2.43. The lowest BCUT2D eigenvalue weighted by Crippen LogP contribution is -3.19. The molecule has 0 saturated carbocycles. The number of hydrogen-bond acceptors (Lipinski definition) is 3. The van der Waals surface area contributed by atoms with Crippen molar-refractivity contribution in [2.75, 3.05) is 43.0 Å². The van der Waals surface area contributed by atoms with E-state index >= 15 is 0 Å². The van der Waals surface area contributed by atoms with Crippen LogP contribution in [0.25, 0.3) is 0 Å². The van der Waals surface area contributed by atoms with Crippen molar-refractivity contribution < 1.29 is 14.4 Å². The number of carbonyl (C=O) groups excluding carboxylic acids is 1. The summed E-state index contributed by atoms with van der Waals surface area (Å²) in [6.07, 6.45) is 0. The topological polar surface area (TPSA) is 46.0 Å². The molecule has 1 amide bonds. The molecule has 0 radical (unpaired) electrons. The van der Waals surface area contributed by atoms with E-state index in [0.717, 1.165) is 37.6 Å². The molecule has 28 heavy (non-hydrogen) atoms. The van der Waals surface area contributed by atoms with Gasteiger partial charge in [0, 0.05) is 5.69 Å². The first-order valence-electron chi connectivity index (χ1n) is 10.2. The van der Waals surface area contributed by atoms with E-state index in [0.29, 0.717) is 6.61 Å². The molecular weight excluding hydrogens is 350 g/mol. The molecule has 3 rings (SSSR count). The second-order valence-electron chi connectivity index (χ2n) is 7.50. The smallest absolute Gasteiger partial charge is 0.282 e. The molecule has 0 spiro atoms. The van der Waals surface area contributed by atoms with E-state index in [1.165, 1.54) is 21.7 Å². The van der Waals surface area contributed by atoms with Gasteiger partial charge in [0.1, 0.15) is 5.75 Å². The van der Waals surface area contributed by atoms with Crippen LogP contribution in [0.4, 0.5) is 11.4 Å². The number of rotatable bonds is 6. The first-order chi connectivity index (χ1) is 13.5. The summed E-state index contributed by atoms with van der Waals surface area (Å²) >= 11 is 0. The molecule has 1 saturated heterocycles. The quantitative estimate of drug-likeness (QED) is 0.807. The molecule has 1 aliphatic heterocycles. The molecule has 1 heterocycles. The third kappa shape index (κ3) is 4.47. The van der Waals surface area contributed by atoms with Crippen molar-refractivity contribution in [3.8, 4) is 5.75 Å². The molecule has 0 bridgehead atoms. The number of piperazine rings is 1. The number of aryl methyl sites for hydroxylation is 1. The highest BCUT2D eigenvalue weighted by atomic mass is 16.5. The zero-order valence-electron chi connectivity index (χ0n) is 17.4. The largest absolute Gasteiger partial charge is 0.492 e. The summed E-state index contributed by atoms with van der Waals surface area (Å²) in [5.41, 5.74) is 4.74. The van der Waals surface area contributed by atoms with Gasteiger partial charge in [-0.15, -0.1) is 0 Å². The van der Waals surface area contributed by atoms with Gasteiger partial charge in [-0.1, -0.05) is 24.3 Å².